The average molecular weight is 363 g/mol. The summed E-state index contributed by atoms with van der Waals surface area (Å²) >= 11 is 9.48. The van der Waals surface area contributed by atoms with Gasteiger partial charge in [-0.2, -0.15) is 23.5 Å². The Morgan fingerprint density at radius 1 is 1.00 bits per heavy atom. The number of hydrogen-bond acceptors (Lipinski definition) is 6. The summed E-state index contributed by atoms with van der Waals surface area (Å²) in [6.45, 7) is 4.22. The van der Waals surface area contributed by atoms with E-state index < -0.39 is 0 Å². The molecule has 0 aliphatic carbocycles. The number of furan rings is 1. The second kappa shape index (κ2) is 8.13. The molecule has 2 rings (SSSR count). The maximum absolute atomic E-state index is 5.84. The molecule has 2 heterocycles. The first-order valence-electron chi connectivity index (χ1n) is 6.11. The standard InChI is InChI=1S/C14H18OS5/c1-9-5-6-11(15-9)13-14(19-8-17-4)12(10(2)20-13)18-7-16-3/h5-6H,7-8H2,1-4H3. The van der Waals surface area contributed by atoms with E-state index in [1.54, 1.807) is 0 Å². The monoisotopic (exact) mass is 362 g/mol. The minimum absolute atomic E-state index is 0.977. The number of thioether (sulfide) groups is 4. The van der Waals surface area contributed by atoms with Gasteiger partial charge in [0.15, 0.2) is 0 Å². The Hall–Kier alpha value is 0.380. The van der Waals surface area contributed by atoms with Crippen LogP contribution in [0.2, 0.25) is 0 Å². The number of hydrogen-bond donors (Lipinski definition) is 0. The fourth-order valence-corrected chi connectivity index (χ4v) is 6.59. The summed E-state index contributed by atoms with van der Waals surface area (Å²) in [5, 5.41) is 2.18. The molecule has 2 aromatic heterocycles. The van der Waals surface area contributed by atoms with Crippen molar-refractivity contribution in [3.8, 4) is 10.6 Å². The first kappa shape index (κ1) is 16.7. The zero-order chi connectivity index (χ0) is 14.5. The number of rotatable bonds is 7. The van der Waals surface area contributed by atoms with E-state index in [0.717, 1.165) is 21.7 Å². The van der Waals surface area contributed by atoms with Gasteiger partial charge in [-0.15, -0.1) is 34.9 Å². The van der Waals surface area contributed by atoms with E-state index in [4.69, 9.17) is 4.42 Å². The summed E-state index contributed by atoms with van der Waals surface area (Å²) in [4.78, 5) is 5.53. The molecular formula is C14H18OS5. The second-order valence-electron chi connectivity index (χ2n) is 4.16. The van der Waals surface area contributed by atoms with Crippen LogP contribution in [0.15, 0.2) is 26.3 Å². The van der Waals surface area contributed by atoms with Gasteiger partial charge < -0.3 is 4.42 Å². The Bertz CT molecular complexity index is 558. The summed E-state index contributed by atoms with van der Waals surface area (Å²) in [7, 11) is 0. The quantitative estimate of drug-likeness (QED) is 0.413. The molecule has 110 valence electrons. The van der Waals surface area contributed by atoms with Gasteiger partial charge in [0.05, 0.1) is 4.88 Å². The van der Waals surface area contributed by atoms with Crippen LogP contribution in [0, 0.1) is 13.8 Å². The lowest BCUT2D eigenvalue weighted by Gasteiger charge is -2.05. The van der Waals surface area contributed by atoms with Gasteiger partial charge in [0.25, 0.3) is 0 Å². The smallest absolute Gasteiger partial charge is 0.145 e. The molecule has 0 radical (unpaired) electrons. The molecule has 0 spiro atoms. The van der Waals surface area contributed by atoms with E-state index in [-0.39, 0.29) is 0 Å². The average Bonchev–Trinajstić information content (AvgIpc) is 2.98. The first-order valence-corrected chi connectivity index (χ1v) is 11.7. The third-order valence-corrected chi connectivity index (χ3v) is 8.43. The van der Waals surface area contributed by atoms with Gasteiger partial charge in [-0.05, 0) is 38.5 Å². The Balaban J connectivity index is 2.39. The lowest BCUT2D eigenvalue weighted by atomic mass is 10.3. The fourth-order valence-electron chi connectivity index (χ4n) is 1.76. The molecule has 0 aliphatic rings. The minimum Gasteiger partial charge on any atom is -0.460 e. The number of thiophene rings is 1. The van der Waals surface area contributed by atoms with Gasteiger partial charge in [-0.1, -0.05) is 0 Å². The van der Waals surface area contributed by atoms with E-state index in [0.29, 0.717) is 0 Å². The lowest BCUT2D eigenvalue weighted by Crippen LogP contribution is -1.80. The van der Waals surface area contributed by atoms with Crippen LogP contribution in [0.3, 0.4) is 0 Å². The van der Waals surface area contributed by atoms with Crippen molar-refractivity contribution in [2.75, 3.05) is 22.7 Å². The Morgan fingerprint density at radius 3 is 2.20 bits per heavy atom. The molecule has 0 unspecified atom stereocenters. The maximum Gasteiger partial charge on any atom is 0.145 e. The highest BCUT2D eigenvalue weighted by Gasteiger charge is 2.19. The molecule has 1 nitrogen and oxygen atoms in total. The van der Waals surface area contributed by atoms with Gasteiger partial charge in [0, 0.05) is 24.8 Å². The highest BCUT2D eigenvalue weighted by molar-refractivity contribution is 8.17. The second-order valence-corrected chi connectivity index (χ2v) is 9.82. The van der Waals surface area contributed by atoms with Crippen molar-refractivity contribution in [2.24, 2.45) is 0 Å². The molecule has 20 heavy (non-hydrogen) atoms. The Labute approximate surface area is 142 Å². The molecule has 0 saturated heterocycles. The van der Waals surface area contributed by atoms with E-state index in [9.17, 15) is 0 Å². The van der Waals surface area contributed by atoms with Crippen molar-refractivity contribution in [1.29, 1.82) is 0 Å². The first-order chi connectivity index (χ1) is 9.67. The highest BCUT2D eigenvalue weighted by Crippen LogP contribution is 2.48. The fraction of sp³-hybridized carbons (Fsp3) is 0.429. The Morgan fingerprint density at radius 2 is 1.65 bits per heavy atom. The largest absolute Gasteiger partial charge is 0.460 e. The third kappa shape index (κ3) is 3.97. The zero-order valence-corrected chi connectivity index (χ0v) is 16.1. The lowest BCUT2D eigenvalue weighted by molar-refractivity contribution is 0.548. The summed E-state index contributed by atoms with van der Waals surface area (Å²) in [6, 6.07) is 4.13. The molecule has 0 saturated carbocycles. The third-order valence-electron chi connectivity index (χ3n) is 2.59. The predicted molar refractivity (Wildman–Crippen MR) is 100.0 cm³/mol. The van der Waals surface area contributed by atoms with Crippen molar-refractivity contribution in [3.05, 3.63) is 22.8 Å². The SMILES string of the molecule is CSCSc1c(C)sc(-c2ccc(C)o2)c1SCSC. The summed E-state index contributed by atoms with van der Waals surface area (Å²) in [6.07, 6.45) is 4.30. The van der Waals surface area contributed by atoms with Crippen LogP contribution < -0.4 is 0 Å². The van der Waals surface area contributed by atoms with Crippen molar-refractivity contribution in [3.63, 3.8) is 0 Å². The van der Waals surface area contributed by atoms with Crippen LogP contribution in [0.25, 0.3) is 10.6 Å². The predicted octanol–water partition coefficient (Wildman–Crippen LogP) is 6.45. The molecule has 0 amide bonds. The topological polar surface area (TPSA) is 13.1 Å². The summed E-state index contributed by atoms with van der Waals surface area (Å²) < 4.78 is 5.84. The van der Waals surface area contributed by atoms with Crippen LogP contribution in [0.4, 0.5) is 0 Å². The molecule has 0 aromatic carbocycles. The van der Waals surface area contributed by atoms with Gasteiger partial charge in [-0.25, -0.2) is 0 Å². The Kier molecular flexibility index (Phi) is 6.81. The number of aryl methyl sites for hydroxylation is 2. The van der Waals surface area contributed by atoms with E-state index in [1.165, 1.54) is 19.5 Å². The van der Waals surface area contributed by atoms with Crippen LogP contribution in [0.5, 0.6) is 0 Å². The zero-order valence-electron chi connectivity index (χ0n) is 12.0. The molecule has 0 fully saturated rings. The van der Waals surface area contributed by atoms with Gasteiger partial charge in [0.2, 0.25) is 0 Å². The molecule has 0 bridgehead atoms. The molecule has 6 heteroatoms. The van der Waals surface area contributed by atoms with E-state index in [2.05, 4.69) is 25.5 Å². The highest BCUT2D eigenvalue weighted by atomic mass is 32.2. The van der Waals surface area contributed by atoms with E-state index >= 15 is 0 Å². The minimum atomic E-state index is 0.977. The van der Waals surface area contributed by atoms with Crippen LogP contribution in [-0.4, -0.2) is 22.7 Å². The summed E-state index contributed by atoms with van der Waals surface area (Å²) in [5.74, 6) is 1.99. The van der Waals surface area contributed by atoms with Crippen molar-refractivity contribution < 1.29 is 4.42 Å². The maximum atomic E-state index is 5.84. The molecule has 0 N–H and O–H groups in total. The van der Waals surface area contributed by atoms with E-state index in [1.807, 2.05) is 71.4 Å². The van der Waals surface area contributed by atoms with Crippen LogP contribution >= 0.6 is 58.4 Å². The van der Waals surface area contributed by atoms with Crippen molar-refractivity contribution in [1.82, 2.24) is 0 Å². The molecule has 2 aromatic rings. The van der Waals surface area contributed by atoms with Gasteiger partial charge in [-0.3, -0.25) is 0 Å². The molecule has 0 aliphatic heterocycles. The normalized spacial score (nSPS) is 11.2. The van der Waals surface area contributed by atoms with Gasteiger partial charge in [0.1, 0.15) is 11.5 Å². The summed E-state index contributed by atoms with van der Waals surface area (Å²) in [5.41, 5.74) is 0. The molecule has 0 atom stereocenters. The molecular weight excluding hydrogens is 344 g/mol. The van der Waals surface area contributed by atoms with Crippen LogP contribution in [0.1, 0.15) is 10.6 Å². The van der Waals surface area contributed by atoms with Gasteiger partial charge >= 0.3 is 0 Å². The van der Waals surface area contributed by atoms with Crippen LogP contribution in [-0.2, 0) is 0 Å². The van der Waals surface area contributed by atoms with Crippen molar-refractivity contribution in [2.45, 2.75) is 23.6 Å². The van der Waals surface area contributed by atoms with Crippen molar-refractivity contribution >= 4 is 58.4 Å².